The van der Waals surface area contributed by atoms with Crippen LogP contribution in [0.15, 0.2) is 63.7 Å². The lowest BCUT2D eigenvalue weighted by molar-refractivity contribution is 0.300. The van der Waals surface area contributed by atoms with E-state index >= 15 is 0 Å². The first-order chi connectivity index (χ1) is 9.72. The van der Waals surface area contributed by atoms with E-state index in [1.54, 1.807) is 0 Å². The van der Waals surface area contributed by atoms with Crippen LogP contribution in [-0.4, -0.2) is 11.2 Å². The number of hydrogen-bond donors (Lipinski definition) is 0. The molecule has 1 heterocycles. The van der Waals surface area contributed by atoms with Gasteiger partial charge in [-0.3, -0.25) is 0 Å². The van der Waals surface area contributed by atoms with Gasteiger partial charge in [0, 0.05) is 26.0 Å². The molecule has 0 bridgehead atoms. The normalized spacial score (nSPS) is 10.9. The number of aromatic nitrogens is 1. The molecule has 2 nitrogen and oxygen atoms in total. The van der Waals surface area contributed by atoms with Crippen LogP contribution in [-0.2, 0) is 6.54 Å². The largest absolute Gasteiger partial charge is 0.492 e. The number of halogens is 2. The fourth-order valence-corrected chi connectivity index (χ4v) is 2.94. The van der Waals surface area contributed by atoms with Crippen molar-refractivity contribution in [3.63, 3.8) is 0 Å². The molecule has 2 aromatic carbocycles. The molecule has 0 aliphatic heterocycles. The molecule has 0 atom stereocenters. The molecule has 0 unspecified atom stereocenters. The second kappa shape index (κ2) is 6.02. The fraction of sp³-hybridized carbons (Fsp3) is 0.125. The Morgan fingerprint density at radius 2 is 1.80 bits per heavy atom. The molecule has 0 spiro atoms. The van der Waals surface area contributed by atoms with E-state index in [4.69, 9.17) is 4.74 Å². The number of fused-ring (bicyclic) bond motifs is 1. The van der Waals surface area contributed by atoms with Crippen molar-refractivity contribution >= 4 is 42.8 Å². The summed E-state index contributed by atoms with van der Waals surface area (Å²) in [4.78, 5) is 0. The summed E-state index contributed by atoms with van der Waals surface area (Å²) in [7, 11) is 0. The molecule has 0 N–H and O–H groups in total. The minimum Gasteiger partial charge on any atom is -0.492 e. The first-order valence-electron chi connectivity index (χ1n) is 6.35. The summed E-state index contributed by atoms with van der Waals surface area (Å²) < 4.78 is 10.1. The van der Waals surface area contributed by atoms with E-state index in [9.17, 15) is 0 Å². The molecular weight excluding hydrogens is 382 g/mol. The van der Waals surface area contributed by atoms with Gasteiger partial charge < -0.3 is 9.30 Å². The van der Waals surface area contributed by atoms with Gasteiger partial charge in [-0.15, -0.1) is 0 Å². The summed E-state index contributed by atoms with van der Waals surface area (Å²) in [5.41, 5.74) is 1.23. The number of rotatable bonds is 4. The summed E-state index contributed by atoms with van der Waals surface area (Å²) in [6, 6.07) is 16.3. The van der Waals surface area contributed by atoms with E-state index in [1.165, 1.54) is 10.9 Å². The molecule has 3 rings (SSSR count). The van der Waals surface area contributed by atoms with Crippen molar-refractivity contribution in [3.05, 3.63) is 63.7 Å². The van der Waals surface area contributed by atoms with Crippen LogP contribution in [0.5, 0.6) is 5.75 Å². The van der Waals surface area contributed by atoms with Gasteiger partial charge in [-0.2, -0.15) is 0 Å². The second-order valence-corrected chi connectivity index (χ2v) is 6.35. The minimum absolute atomic E-state index is 0.649. The smallest absolute Gasteiger partial charge is 0.120 e. The summed E-state index contributed by atoms with van der Waals surface area (Å²) in [5.74, 6) is 0.888. The maximum Gasteiger partial charge on any atom is 0.120 e. The maximum absolute atomic E-state index is 5.77. The van der Waals surface area contributed by atoms with Crippen molar-refractivity contribution in [1.82, 2.24) is 4.57 Å². The topological polar surface area (TPSA) is 14.2 Å². The average molecular weight is 395 g/mol. The predicted molar refractivity (Wildman–Crippen MR) is 89.3 cm³/mol. The molecule has 0 aliphatic carbocycles. The Morgan fingerprint density at radius 1 is 0.950 bits per heavy atom. The van der Waals surface area contributed by atoms with Crippen LogP contribution in [0.2, 0.25) is 0 Å². The third-order valence-electron chi connectivity index (χ3n) is 3.13. The Labute approximate surface area is 134 Å². The predicted octanol–water partition coefficient (Wildman–Crippen LogP) is 5.25. The van der Waals surface area contributed by atoms with Crippen molar-refractivity contribution in [2.24, 2.45) is 0 Å². The molecule has 20 heavy (non-hydrogen) atoms. The summed E-state index contributed by atoms with van der Waals surface area (Å²) in [6.07, 6.45) is 2.10. The molecule has 102 valence electrons. The summed E-state index contributed by atoms with van der Waals surface area (Å²) in [5, 5.41) is 1.24. The van der Waals surface area contributed by atoms with Crippen LogP contribution in [0.3, 0.4) is 0 Å². The zero-order chi connectivity index (χ0) is 13.9. The van der Waals surface area contributed by atoms with Gasteiger partial charge in [0.1, 0.15) is 12.4 Å². The van der Waals surface area contributed by atoms with Crippen LogP contribution in [0.4, 0.5) is 0 Å². The van der Waals surface area contributed by atoms with Crippen LogP contribution in [0.1, 0.15) is 0 Å². The molecule has 0 aliphatic rings. The molecule has 3 aromatic rings. The van der Waals surface area contributed by atoms with E-state index in [-0.39, 0.29) is 0 Å². The van der Waals surface area contributed by atoms with Gasteiger partial charge in [-0.25, -0.2) is 0 Å². The molecule has 4 heteroatoms. The monoisotopic (exact) mass is 393 g/mol. The third-order valence-corrected chi connectivity index (χ3v) is 4.12. The molecule has 0 saturated heterocycles. The highest BCUT2D eigenvalue weighted by Crippen LogP contribution is 2.21. The quantitative estimate of drug-likeness (QED) is 0.589. The van der Waals surface area contributed by atoms with E-state index in [0.717, 1.165) is 21.2 Å². The van der Waals surface area contributed by atoms with Crippen molar-refractivity contribution < 1.29 is 4.74 Å². The van der Waals surface area contributed by atoms with Crippen molar-refractivity contribution in [3.8, 4) is 5.75 Å². The number of hydrogen-bond acceptors (Lipinski definition) is 1. The Morgan fingerprint density at radius 3 is 2.65 bits per heavy atom. The molecule has 0 saturated carbocycles. The molecule has 0 radical (unpaired) electrons. The highest BCUT2D eigenvalue weighted by atomic mass is 79.9. The number of ether oxygens (including phenoxy) is 1. The van der Waals surface area contributed by atoms with Gasteiger partial charge in [0.15, 0.2) is 0 Å². The van der Waals surface area contributed by atoms with Gasteiger partial charge in [-0.1, -0.05) is 37.9 Å². The van der Waals surface area contributed by atoms with E-state index in [0.29, 0.717) is 6.61 Å². The number of nitrogens with zero attached hydrogens (tertiary/aromatic N) is 1. The highest BCUT2D eigenvalue weighted by Gasteiger charge is 2.02. The first kappa shape index (κ1) is 13.7. The zero-order valence-electron chi connectivity index (χ0n) is 10.7. The first-order valence-corrected chi connectivity index (χ1v) is 7.94. The van der Waals surface area contributed by atoms with Gasteiger partial charge in [0.25, 0.3) is 0 Å². The lowest BCUT2D eigenvalue weighted by Gasteiger charge is -2.08. The lowest BCUT2D eigenvalue weighted by atomic mass is 10.2. The van der Waals surface area contributed by atoms with Crippen molar-refractivity contribution in [2.75, 3.05) is 6.61 Å². The minimum atomic E-state index is 0.649. The lowest BCUT2D eigenvalue weighted by Crippen LogP contribution is -2.07. The van der Waals surface area contributed by atoms with Crippen LogP contribution in [0, 0.1) is 0 Å². The Bertz CT molecular complexity index is 736. The van der Waals surface area contributed by atoms with Gasteiger partial charge >= 0.3 is 0 Å². The standard InChI is InChI=1S/C16H13Br2NO/c17-13-2-1-3-15(11-13)20-9-8-19-7-6-12-10-14(18)4-5-16(12)19/h1-7,10-11H,8-9H2. The fourth-order valence-electron chi connectivity index (χ4n) is 2.18. The maximum atomic E-state index is 5.77. The molecule has 1 aromatic heterocycles. The zero-order valence-corrected chi connectivity index (χ0v) is 13.9. The average Bonchev–Trinajstić information content (AvgIpc) is 2.81. The van der Waals surface area contributed by atoms with E-state index in [2.05, 4.69) is 66.9 Å². The SMILES string of the molecule is Brc1cccc(OCCn2ccc3cc(Br)ccc32)c1. The Hall–Kier alpha value is -1.26. The summed E-state index contributed by atoms with van der Waals surface area (Å²) >= 11 is 6.94. The van der Waals surface area contributed by atoms with Crippen molar-refractivity contribution in [1.29, 1.82) is 0 Å². The summed E-state index contributed by atoms with van der Waals surface area (Å²) in [6.45, 7) is 1.48. The van der Waals surface area contributed by atoms with E-state index < -0.39 is 0 Å². The van der Waals surface area contributed by atoms with E-state index in [1.807, 2.05) is 24.3 Å². The van der Waals surface area contributed by atoms with Gasteiger partial charge in [-0.05, 0) is 42.5 Å². The second-order valence-electron chi connectivity index (χ2n) is 4.52. The molecular formula is C16H13Br2NO. The molecule has 0 amide bonds. The Balaban J connectivity index is 1.68. The van der Waals surface area contributed by atoms with Crippen LogP contribution < -0.4 is 4.74 Å². The Kier molecular flexibility index (Phi) is 4.13. The van der Waals surface area contributed by atoms with Gasteiger partial charge in [0.2, 0.25) is 0 Å². The van der Waals surface area contributed by atoms with Crippen LogP contribution >= 0.6 is 31.9 Å². The highest BCUT2D eigenvalue weighted by molar-refractivity contribution is 9.10. The van der Waals surface area contributed by atoms with Crippen molar-refractivity contribution in [2.45, 2.75) is 6.54 Å². The third kappa shape index (κ3) is 3.07. The van der Waals surface area contributed by atoms with Gasteiger partial charge in [0.05, 0.1) is 6.54 Å². The molecule has 0 fully saturated rings. The van der Waals surface area contributed by atoms with Crippen LogP contribution in [0.25, 0.3) is 10.9 Å². The number of benzene rings is 2.